The fraction of sp³-hybridized carbons (Fsp3) is 0.0909. The molecule has 0 atom stereocenters. The van der Waals surface area contributed by atoms with Gasteiger partial charge < -0.3 is 14.8 Å². The molecule has 4 aromatic rings. The quantitative estimate of drug-likeness (QED) is 0.136. The molecular weight excluding hydrogens is 556 g/mol. The summed E-state index contributed by atoms with van der Waals surface area (Å²) < 4.78 is 10.7. The predicted octanol–water partition coefficient (Wildman–Crippen LogP) is 6.58. The average molecular weight is 581 g/mol. The second-order valence-electron chi connectivity index (χ2n) is 9.27. The van der Waals surface area contributed by atoms with Crippen LogP contribution in [-0.2, 0) is 14.3 Å². The summed E-state index contributed by atoms with van der Waals surface area (Å²) in [6, 6.07) is 29.4. The molecule has 4 aromatic carbocycles. The van der Waals surface area contributed by atoms with Crippen molar-refractivity contribution in [2.45, 2.75) is 13.3 Å². The zero-order chi connectivity index (χ0) is 29.6. The summed E-state index contributed by atoms with van der Waals surface area (Å²) in [7, 11) is 0. The van der Waals surface area contributed by atoms with E-state index in [4.69, 9.17) is 21.1 Å². The molecular formula is C33H25ClN2O6. The van der Waals surface area contributed by atoms with E-state index in [1.807, 2.05) is 49.4 Å². The predicted molar refractivity (Wildman–Crippen MR) is 159 cm³/mol. The topological polar surface area (TPSA) is 102 Å². The van der Waals surface area contributed by atoms with E-state index in [9.17, 15) is 19.2 Å². The van der Waals surface area contributed by atoms with Crippen LogP contribution >= 0.6 is 11.6 Å². The van der Waals surface area contributed by atoms with Gasteiger partial charge in [-0.3, -0.25) is 9.59 Å². The first-order valence-corrected chi connectivity index (χ1v) is 13.5. The van der Waals surface area contributed by atoms with Crippen LogP contribution in [0.25, 0.3) is 11.1 Å². The Kier molecular flexibility index (Phi) is 8.45. The number of halogens is 1. The number of hydrogen-bond donors (Lipinski definition) is 1. The number of para-hydroxylation sites is 1. The number of nitrogens with zero attached hydrogens (tertiary/aromatic N) is 1. The molecule has 42 heavy (non-hydrogen) atoms. The molecule has 5 rings (SSSR count). The maximum absolute atomic E-state index is 13.3. The summed E-state index contributed by atoms with van der Waals surface area (Å²) >= 11 is 6.27. The maximum Gasteiger partial charge on any atom is 0.343 e. The molecule has 210 valence electrons. The molecule has 0 bridgehead atoms. The summed E-state index contributed by atoms with van der Waals surface area (Å²) in [5, 5.41) is 2.52. The number of nitrogens with one attached hydrogen (secondary N) is 1. The van der Waals surface area contributed by atoms with Crippen LogP contribution in [0.1, 0.15) is 34.1 Å². The Morgan fingerprint density at radius 3 is 2.10 bits per heavy atom. The maximum atomic E-state index is 13.3. The first-order chi connectivity index (χ1) is 20.4. The number of carbonyl (C=O) groups excluding carboxylic acids is 4. The Hall–Kier alpha value is -5.21. The number of imide groups is 1. The van der Waals surface area contributed by atoms with E-state index >= 15 is 0 Å². The summed E-state index contributed by atoms with van der Waals surface area (Å²) in [5.74, 6) is -2.33. The van der Waals surface area contributed by atoms with Crippen LogP contribution in [0.4, 0.5) is 11.4 Å². The van der Waals surface area contributed by atoms with Crippen LogP contribution < -0.4 is 15.0 Å². The van der Waals surface area contributed by atoms with Gasteiger partial charge in [0.2, 0.25) is 0 Å². The molecule has 1 heterocycles. The zero-order valence-electron chi connectivity index (χ0n) is 22.5. The molecule has 0 radical (unpaired) electrons. The number of esters is 2. The third-order valence-electron chi connectivity index (χ3n) is 6.39. The third-order valence-corrected chi connectivity index (χ3v) is 6.74. The summed E-state index contributed by atoms with van der Waals surface area (Å²) in [6.07, 6.45) is 0.620. The summed E-state index contributed by atoms with van der Waals surface area (Å²) in [6.45, 7) is 2.06. The number of ether oxygens (including phenoxy) is 2. The average Bonchev–Trinajstić information content (AvgIpc) is 3.23. The molecule has 0 spiro atoms. The van der Waals surface area contributed by atoms with Gasteiger partial charge in [0.05, 0.1) is 23.4 Å². The fourth-order valence-electron chi connectivity index (χ4n) is 4.29. The Morgan fingerprint density at radius 1 is 0.762 bits per heavy atom. The van der Waals surface area contributed by atoms with Gasteiger partial charge in [-0.2, -0.15) is 0 Å². The number of benzene rings is 4. The van der Waals surface area contributed by atoms with Crippen LogP contribution in [0, 0.1) is 0 Å². The van der Waals surface area contributed by atoms with Crippen molar-refractivity contribution in [3.8, 4) is 16.9 Å². The normalized spacial score (nSPS) is 12.9. The second kappa shape index (κ2) is 12.5. The van der Waals surface area contributed by atoms with Gasteiger partial charge in [-0.15, -0.1) is 0 Å². The van der Waals surface area contributed by atoms with Crippen molar-refractivity contribution in [3.05, 3.63) is 125 Å². The minimum Gasteiger partial charge on any atom is -0.462 e. The second-order valence-corrected chi connectivity index (χ2v) is 9.65. The summed E-state index contributed by atoms with van der Waals surface area (Å²) in [5.41, 5.74) is 2.71. The highest BCUT2D eigenvalue weighted by Gasteiger charge is 2.40. The molecule has 0 fully saturated rings. The first kappa shape index (κ1) is 28.3. The van der Waals surface area contributed by atoms with Crippen LogP contribution in [0.2, 0.25) is 0 Å². The number of anilines is 2. The number of amides is 2. The van der Waals surface area contributed by atoms with Gasteiger partial charge in [0.15, 0.2) is 0 Å². The fourth-order valence-corrected chi connectivity index (χ4v) is 4.50. The van der Waals surface area contributed by atoms with Crippen molar-refractivity contribution >= 4 is 46.7 Å². The van der Waals surface area contributed by atoms with Gasteiger partial charge in [0.1, 0.15) is 16.5 Å². The van der Waals surface area contributed by atoms with Crippen molar-refractivity contribution in [3.63, 3.8) is 0 Å². The van der Waals surface area contributed by atoms with Gasteiger partial charge in [0.25, 0.3) is 11.8 Å². The van der Waals surface area contributed by atoms with E-state index in [1.54, 1.807) is 36.4 Å². The number of hydrogen-bond acceptors (Lipinski definition) is 7. The van der Waals surface area contributed by atoms with Crippen molar-refractivity contribution in [1.29, 1.82) is 0 Å². The number of carbonyl (C=O) groups is 4. The van der Waals surface area contributed by atoms with E-state index in [2.05, 4.69) is 5.32 Å². The Morgan fingerprint density at radius 2 is 1.40 bits per heavy atom. The highest BCUT2D eigenvalue weighted by Crippen LogP contribution is 2.32. The lowest BCUT2D eigenvalue weighted by molar-refractivity contribution is -0.120. The first-order valence-electron chi connectivity index (χ1n) is 13.2. The van der Waals surface area contributed by atoms with Crippen LogP contribution in [-0.4, -0.2) is 30.4 Å². The lowest BCUT2D eigenvalue weighted by Gasteiger charge is -2.18. The minimum absolute atomic E-state index is 0.0657. The van der Waals surface area contributed by atoms with Gasteiger partial charge in [-0.05, 0) is 66.1 Å². The SMILES string of the molecule is CCCOC(=O)c1ccccc1N1C(=O)C(Cl)=C(Nc2ccc(C(=O)Oc3ccc(-c4ccccc4)cc3)cc2)C1=O. The minimum atomic E-state index is -0.779. The highest BCUT2D eigenvalue weighted by atomic mass is 35.5. The molecule has 0 saturated heterocycles. The lowest BCUT2D eigenvalue weighted by Crippen LogP contribution is -2.33. The smallest absolute Gasteiger partial charge is 0.343 e. The van der Waals surface area contributed by atoms with Crippen molar-refractivity contribution < 1.29 is 28.7 Å². The molecule has 0 aromatic heterocycles. The van der Waals surface area contributed by atoms with Crippen LogP contribution in [0.3, 0.4) is 0 Å². The standard InChI is InChI=1S/C33H25ClN2O6/c1-2-20-41-33(40)26-10-6-7-11-27(26)36-30(37)28(34)29(31(36)38)35-24-16-12-23(13-17-24)32(39)42-25-18-14-22(15-19-25)21-8-4-3-5-9-21/h3-19,35H,2,20H2,1H3. The van der Waals surface area contributed by atoms with E-state index in [1.165, 1.54) is 24.3 Å². The zero-order valence-corrected chi connectivity index (χ0v) is 23.3. The van der Waals surface area contributed by atoms with E-state index < -0.39 is 23.8 Å². The van der Waals surface area contributed by atoms with Crippen LogP contribution in [0.5, 0.6) is 5.75 Å². The van der Waals surface area contributed by atoms with Gasteiger partial charge in [-0.1, -0.05) is 73.1 Å². The van der Waals surface area contributed by atoms with E-state index in [-0.39, 0.29) is 34.2 Å². The lowest BCUT2D eigenvalue weighted by atomic mass is 10.1. The molecule has 1 aliphatic rings. The van der Waals surface area contributed by atoms with Gasteiger partial charge in [0, 0.05) is 5.69 Å². The van der Waals surface area contributed by atoms with Crippen LogP contribution in [0.15, 0.2) is 114 Å². The largest absolute Gasteiger partial charge is 0.462 e. The van der Waals surface area contributed by atoms with E-state index in [0.29, 0.717) is 17.9 Å². The van der Waals surface area contributed by atoms with Crippen molar-refractivity contribution in [2.24, 2.45) is 0 Å². The Balaban J connectivity index is 1.26. The molecule has 8 nitrogen and oxygen atoms in total. The summed E-state index contributed by atoms with van der Waals surface area (Å²) in [4.78, 5) is 52.4. The molecule has 9 heteroatoms. The molecule has 0 aliphatic carbocycles. The Labute approximate surface area is 247 Å². The van der Waals surface area contributed by atoms with Crippen molar-refractivity contribution in [2.75, 3.05) is 16.8 Å². The third kappa shape index (κ3) is 5.94. The van der Waals surface area contributed by atoms with E-state index in [0.717, 1.165) is 16.0 Å². The molecule has 0 saturated carbocycles. The molecule has 1 N–H and O–H groups in total. The molecule has 2 amide bonds. The monoisotopic (exact) mass is 580 g/mol. The molecule has 0 unspecified atom stereocenters. The van der Waals surface area contributed by atoms with Crippen molar-refractivity contribution in [1.82, 2.24) is 0 Å². The highest BCUT2D eigenvalue weighted by molar-refractivity contribution is 6.53. The molecule has 1 aliphatic heterocycles. The Bertz CT molecular complexity index is 1680. The van der Waals surface area contributed by atoms with Gasteiger partial charge >= 0.3 is 11.9 Å². The number of rotatable bonds is 9. The van der Waals surface area contributed by atoms with Gasteiger partial charge in [-0.25, -0.2) is 14.5 Å².